The Morgan fingerprint density at radius 3 is 2.35 bits per heavy atom. The van der Waals surface area contributed by atoms with Crippen LogP contribution < -0.4 is 16.0 Å². The normalized spacial score (nSPS) is 11.9. The predicted molar refractivity (Wildman–Crippen MR) is 137 cm³/mol. The van der Waals surface area contributed by atoms with Crippen LogP contribution >= 0.6 is 0 Å². The first-order valence-electron chi connectivity index (χ1n) is 12.0. The first-order chi connectivity index (χ1) is 17.8. The summed E-state index contributed by atoms with van der Waals surface area (Å²) >= 11 is 0. The summed E-state index contributed by atoms with van der Waals surface area (Å²) in [7, 11) is 0. The van der Waals surface area contributed by atoms with Crippen LogP contribution in [0, 0.1) is 0 Å². The molecule has 1 amide bonds. The monoisotopic (exact) mass is 512 g/mol. The SMILES string of the molecule is C=C(NCCNc1ncc(C(F)(F)F)cc1CNC(=O)[C@@H](CC)c1ccccc1)OCc1ccccc1. The molecule has 2 aromatic carbocycles. The van der Waals surface area contributed by atoms with Crippen molar-refractivity contribution in [3.05, 3.63) is 108 Å². The third kappa shape index (κ3) is 8.56. The molecule has 3 N–H and O–H groups in total. The number of alkyl halides is 3. The predicted octanol–water partition coefficient (Wildman–Crippen LogP) is 5.60. The van der Waals surface area contributed by atoms with E-state index in [0.717, 1.165) is 23.4 Å². The largest absolute Gasteiger partial charge is 0.475 e. The molecule has 0 fully saturated rings. The number of amides is 1. The van der Waals surface area contributed by atoms with Gasteiger partial charge in [0.05, 0.1) is 11.5 Å². The van der Waals surface area contributed by atoms with E-state index in [2.05, 4.69) is 27.5 Å². The summed E-state index contributed by atoms with van der Waals surface area (Å²) in [5.41, 5.74) is 1.22. The first-order valence-corrected chi connectivity index (χ1v) is 12.0. The summed E-state index contributed by atoms with van der Waals surface area (Å²) in [6.45, 7) is 6.72. The van der Waals surface area contributed by atoms with Gasteiger partial charge in [-0.05, 0) is 30.2 Å². The van der Waals surface area contributed by atoms with Crippen LogP contribution in [0.3, 0.4) is 0 Å². The molecule has 1 aromatic heterocycles. The van der Waals surface area contributed by atoms with Crippen LogP contribution in [0.25, 0.3) is 0 Å². The van der Waals surface area contributed by atoms with Crippen LogP contribution in [0.5, 0.6) is 0 Å². The molecule has 196 valence electrons. The van der Waals surface area contributed by atoms with Gasteiger partial charge in [-0.1, -0.05) is 67.6 Å². The minimum absolute atomic E-state index is 0.0955. The lowest BCUT2D eigenvalue weighted by atomic mass is 9.95. The summed E-state index contributed by atoms with van der Waals surface area (Å²) in [4.78, 5) is 16.8. The second-order valence-corrected chi connectivity index (χ2v) is 8.37. The Kier molecular flexibility index (Phi) is 9.94. The molecule has 1 heterocycles. The zero-order valence-electron chi connectivity index (χ0n) is 20.6. The van der Waals surface area contributed by atoms with Crippen molar-refractivity contribution < 1.29 is 22.7 Å². The molecule has 37 heavy (non-hydrogen) atoms. The quantitative estimate of drug-likeness (QED) is 0.205. The number of nitrogens with zero attached hydrogens (tertiary/aromatic N) is 1. The van der Waals surface area contributed by atoms with Crippen molar-refractivity contribution in [3.63, 3.8) is 0 Å². The van der Waals surface area contributed by atoms with Gasteiger partial charge in [0.15, 0.2) is 5.88 Å². The van der Waals surface area contributed by atoms with Crippen LogP contribution in [0.1, 0.15) is 41.5 Å². The molecule has 0 aliphatic rings. The van der Waals surface area contributed by atoms with Gasteiger partial charge >= 0.3 is 6.18 Å². The van der Waals surface area contributed by atoms with E-state index in [1.54, 1.807) is 0 Å². The second kappa shape index (κ2) is 13.3. The van der Waals surface area contributed by atoms with E-state index in [0.29, 0.717) is 32.0 Å². The number of hydrogen-bond donors (Lipinski definition) is 3. The van der Waals surface area contributed by atoms with Crippen molar-refractivity contribution in [1.29, 1.82) is 0 Å². The van der Waals surface area contributed by atoms with E-state index in [-0.39, 0.29) is 23.8 Å². The molecule has 0 saturated carbocycles. The van der Waals surface area contributed by atoms with Gasteiger partial charge in [0.25, 0.3) is 0 Å². The highest BCUT2D eigenvalue weighted by Crippen LogP contribution is 2.31. The number of ether oxygens (including phenoxy) is 1. The molecule has 0 unspecified atom stereocenters. The average Bonchev–Trinajstić information content (AvgIpc) is 2.90. The number of rotatable bonds is 13. The molecule has 9 heteroatoms. The number of anilines is 1. The number of pyridine rings is 1. The van der Waals surface area contributed by atoms with Gasteiger partial charge in [-0.15, -0.1) is 0 Å². The smallest absolute Gasteiger partial charge is 0.417 e. The molecular formula is C28H31F3N4O2. The molecule has 0 spiro atoms. The molecular weight excluding hydrogens is 481 g/mol. The number of nitrogens with one attached hydrogen (secondary N) is 3. The number of aromatic nitrogens is 1. The third-order valence-electron chi connectivity index (χ3n) is 5.67. The van der Waals surface area contributed by atoms with E-state index >= 15 is 0 Å². The Hall–Kier alpha value is -4.01. The maximum absolute atomic E-state index is 13.3. The Bertz CT molecular complexity index is 1160. The van der Waals surface area contributed by atoms with Crippen LogP contribution in [0.15, 0.2) is 85.4 Å². The number of carbonyl (C=O) groups excluding carboxylic acids is 1. The summed E-state index contributed by atoms with van der Waals surface area (Å²) in [5.74, 6) is -0.0169. The molecule has 6 nitrogen and oxygen atoms in total. The second-order valence-electron chi connectivity index (χ2n) is 8.37. The molecule has 0 radical (unpaired) electrons. The molecule has 1 atom stereocenters. The van der Waals surface area contributed by atoms with Gasteiger partial charge in [0.1, 0.15) is 12.4 Å². The highest BCUT2D eigenvalue weighted by Gasteiger charge is 2.32. The summed E-state index contributed by atoms with van der Waals surface area (Å²) in [6, 6.07) is 19.9. The summed E-state index contributed by atoms with van der Waals surface area (Å²) in [6.07, 6.45) is -3.21. The Balaban J connectivity index is 1.58. The van der Waals surface area contributed by atoms with Crippen LogP contribution in [-0.2, 0) is 28.9 Å². The van der Waals surface area contributed by atoms with Crippen LogP contribution in [-0.4, -0.2) is 24.0 Å². The lowest BCUT2D eigenvalue weighted by Crippen LogP contribution is -2.29. The zero-order chi connectivity index (χ0) is 26.7. The Morgan fingerprint density at radius 2 is 1.70 bits per heavy atom. The topological polar surface area (TPSA) is 75.3 Å². The molecule has 3 rings (SSSR count). The van der Waals surface area contributed by atoms with Crippen molar-refractivity contribution in [2.75, 3.05) is 18.4 Å². The summed E-state index contributed by atoms with van der Waals surface area (Å²) < 4.78 is 45.5. The number of benzene rings is 2. The maximum atomic E-state index is 13.3. The molecule has 0 aliphatic carbocycles. The van der Waals surface area contributed by atoms with E-state index in [1.165, 1.54) is 0 Å². The zero-order valence-corrected chi connectivity index (χ0v) is 20.6. The number of hydrogen-bond acceptors (Lipinski definition) is 5. The molecule has 0 bridgehead atoms. The van der Waals surface area contributed by atoms with Gasteiger partial charge < -0.3 is 20.7 Å². The van der Waals surface area contributed by atoms with Crippen molar-refractivity contribution in [2.24, 2.45) is 0 Å². The fourth-order valence-electron chi connectivity index (χ4n) is 3.70. The van der Waals surface area contributed by atoms with Gasteiger partial charge in [0.2, 0.25) is 5.91 Å². The molecule has 0 saturated heterocycles. The maximum Gasteiger partial charge on any atom is 0.417 e. The third-order valence-corrected chi connectivity index (χ3v) is 5.67. The highest BCUT2D eigenvalue weighted by molar-refractivity contribution is 5.83. The molecule has 0 aliphatic heterocycles. The van der Waals surface area contributed by atoms with Gasteiger partial charge in [-0.25, -0.2) is 4.98 Å². The lowest BCUT2D eigenvalue weighted by molar-refractivity contribution is -0.137. The minimum Gasteiger partial charge on any atom is -0.475 e. The fourth-order valence-corrected chi connectivity index (χ4v) is 3.70. The van der Waals surface area contributed by atoms with E-state index < -0.39 is 17.7 Å². The fraction of sp³-hybridized carbons (Fsp3) is 0.286. The van der Waals surface area contributed by atoms with Crippen molar-refractivity contribution in [3.8, 4) is 0 Å². The lowest BCUT2D eigenvalue weighted by Gasteiger charge is -2.18. The van der Waals surface area contributed by atoms with Crippen LogP contribution in [0.2, 0.25) is 0 Å². The Morgan fingerprint density at radius 1 is 1.03 bits per heavy atom. The van der Waals surface area contributed by atoms with Gasteiger partial charge in [-0.3, -0.25) is 4.79 Å². The van der Waals surface area contributed by atoms with E-state index in [9.17, 15) is 18.0 Å². The Labute approximate surface area is 215 Å². The number of carbonyl (C=O) groups is 1. The van der Waals surface area contributed by atoms with Crippen molar-refractivity contribution in [2.45, 2.75) is 38.6 Å². The highest BCUT2D eigenvalue weighted by atomic mass is 19.4. The van der Waals surface area contributed by atoms with Gasteiger partial charge in [-0.2, -0.15) is 13.2 Å². The molecule has 3 aromatic rings. The first kappa shape index (κ1) is 27.6. The van der Waals surface area contributed by atoms with E-state index in [4.69, 9.17) is 4.74 Å². The standard InChI is InChI=1S/C28H31F3N4O2/c1-3-25(22-12-8-5-9-13-22)27(36)35-17-23-16-24(28(29,30)31)18-34-26(23)33-15-14-32-20(2)37-19-21-10-6-4-7-11-21/h4-13,16,18,25,32H,2-3,14-15,17,19H2,1H3,(H,33,34)(H,35,36)/t25-/m0/s1. The van der Waals surface area contributed by atoms with E-state index in [1.807, 2.05) is 67.6 Å². The average molecular weight is 513 g/mol. The summed E-state index contributed by atoms with van der Waals surface area (Å²) in [5, 5.41) is 8.82. The number of halogens is 3. The van der Waals surface area contributed by atoms with Crippen LogP contribution in [0.4, 0.5) is 19.0 Å². The minimum atomic E-state index is -4.55. The van der Waals surface area contributed by atoms with Crippen molar-refractivity contribution >= 4 is 11.7 Å². The van der Waals surface area contributed by atoms with Crippen molar-refractivity contribution in [1.82, 2.24) is 15.6 Å². The van der Waals surface area contributed by atoms with Gasteiger partial charge in [0, 0.05) is 31.4 Å².